The number of hydrogen-bond donors (Lipinski definition) is 3. The first-order valence-corrected chi connectivity index (χ1v) is 5.73. The molecule has 0 saturated heterocycles. The fourth-order valence-electron chi connectivity index (χ4n) is 1.40. The molecule has 1 amide bonds. The number of aromatic nitrogens is 2. The number of rotatable bonds is 2. The number of nitrogens with one attached hydrogen (secondary N) is 2. The van der Waals surface area contributed by atoms with E-state index >= 15 is 0 Å². The van der Waals surface area contributed by atoms with Crippen LogP contribution in [0.15, 0.2) is 28.9 Å². The van der Waals surface area contributed by atoms with Gasteiger partial charge in [0.15, 0.2) is 0 Å². The van der Waals surface area contributed by atoms with Gasteiger partial charge >= 0.3 is 0 Å². The third-order valence-electron chi connectivity index (χ3n) is 2.25. The number of nitrogen functional groups attached to an aromatic ring is 1. The molecule has 1 aromatic heterocycles. The van der Waals surface area contributed by atoms with Crippen LogP contribution in [-0.4, -0.2) is 16.1 Å². The van der Waals surface area contributed by atoms with Gasteiger partial charge in [0.2, 0.25) is 0 Å². The van der Waals surface area contributed by atoms with Crippen molar-refractivity contribution in [3.8, 4) is 0 Å². The van der Waals surface area contributed by atoms with Gasteiger partial charge in [-0.2, -0.15) is 5.10 Å². The molecule has 0 aliphatic heterocycles. The summed E-state index contributed by atoms with van der Waals surface area (Å²) >= 11 is 3.29. The second kappa shape index (κ2) is 4.58. The number of aromatic amines is 1. The number of anilines is 2. The van der Waals surface area contributed by atoms with Gasteiger partial charge in [0.05, 0.1) is 6.20 Å². The Hall–Kier alpha value is -1.82. The molecule has 5 nitrogen and oxygen atoms in total. The molecule has 0 spiro atoms. The molecule has 1 aromatic carbocycles. The predicted molar refractivity (Wildman–Crippen MR) is 69.8 cm³/mol. The molecule has 0 aliphatic carbocycles. The number of halogens is 1. The Kier molecular flexibility index (Phi) is 3.14. The standard InChI is InChI=1S/C11H11BrN4O/c1-6-5-14-16-10(6)15-11(17)7-2-8(12)4-9(13)3-7/h2-5H,13H2,1H3,(H2,14,15,16,17). The molecule has 2 aromatic rings. The lowest BCUT2D eigenvalue weighted by Gasteiger charge is -2.05. The lowest BCUT2D eigenvalue weighted by Crippen LogP contribution is -2.13. The molecule has 0 unspecified atom stereocenters. The van der Waals surface area contributed by atoms with Crippen molar-refractivity contribution in [1.29, 1.82) is 0 Å². The van der Waals surface area contributed by atoms with Crippen molar-refractivity contribution in [2.24, 2.45) is 0 Å². The van der Waals surface area contributed by atoms with E-state index in [-0.39, 0.29) is 5.91 Å². The van der Waals surface area contributed by atoms with Crippen molar-refractivity contribution in [2.75, 3.05) is 11.1 Å². The number of H-pyrrole nitrogens is 1. The second-order valence-corrected chi connectivity index (χ2v) is 4.57. The molecule has 4 N–H and O–H groups in total. The lowest BCUT2D eigenvalue weighted by molar-refractivity contribution is 0.102. The summed E-state index contributed by atoms with van der Waals surface area (Å²) in [6, 6.07) is 5.06. The first kappa shape index (κ1) is 11.7. The predicted octanol–water partition coefficient (Wildman–Crippen LogP) is 2.32. The first-order valence-electron chi connectivity index (χ1n) is 4.93. The van der Waals surface area contributed by atoms with Crippen molar-refractivity contribution in [1.82, 2.24) is 10.2 Å². The van der Waals surface area contributed by atoms with Crippen LogP contribution in [0.4, 0.5) is 11.5 Å². The summed E-state index contributed by atoms with van der Waals surface area (Å²) in [5, 5.41) is 9.27. The molecule has 0 atom stereocenters. The quantitative estimate of drug-likeness (QED) is 0.743. The van der Waals surface area contributed by atoms with Gasteiger partial charge in [0.1, 0.15) is 5.82 Å². The van der Waals surface area contributed by atoms with Gasteiger partial charge in [-0.3, -0.25) is 9.89 Å². The van der Waals surface area contributed by atoms with Crippen LogP contribution >= 0.6 is 15.9 Å². The van der Waals surface area contributed by atoms with Crippen LogP contribution in [0.2, 0.25) is 0 Å². The van der Waals surface area contributed by atoms with Crippen molar-refractivity contribution in [3.05, 3.63) is 40.0 Å². The third-order valence-corrected chi connectivity index (χ3v) is 2.71. The minimum Gasteiger partial charge on any atom is -0.399 e. The average molecular weight is 295 g/mol. The molecule has 0 bridgehead atoms. The number of amides is 1. The van der Waals surface area contributed by atoms with E-state index in [0.717, 1.165) is 10.0 Å². The number of hydrogen-bond acceptors (Lipinski definition) is 3. The van der Waals surface area contributed by atoms with Gasteiger partial charge in [-0.25, -0.2) is 0 Å². The fourth-order valence-corrected chi connectivity index (χ4v) is 1.91. The Labute approximate surface area is 107 Å². The van der Waals surface area contributed by atoms with Gasteiger partial charge in [-0.05, 0) is 25.1 Å². The topological polar surface area (TPSA) is 83.8 Å². The minimum absolute atomic E-state index is 0.231. The average Bonchev–Trinajstić information content (AvgIpc) is 2.63. The summed E-state index contributed by atoms with van der Waals surface area (Å²) in [6.07, 6.45) is 1.64. The van der Waals surface area contributed by atoms with E-state index in [1.165, 1.54) is 0 Å². The van der Waals surface area contributed by atoms with Crippen LogP contribution in [0.3, 0.4) is 0 Å². The fraction of sp³-hybridized carbons (Fsp3) is 0.0909. The zero-order valence-electron chi connectivity index (χ0n) is 9.12. The van der Waals surface area contributed by atoms with Crippen LogP contribution in [0.1, 0.15) is 15.9 Å². The molecular weight excluding hydrogens is 284 g/mol. The largest absolute Gasteiger partial charge is 0.399 e. The summed E-state index contributed by atoms with van der Waals surface area (Å²) in [6.45, 7) is 1.86. The Balaban J connectivity index is 2.23. The maximum absolute atomic E-state index is 11.9. The van der Waals surface area contributed by atoms with Gasteiger partial charge < -0.3 is 11.1 Å². The van der Waals surface area contributed by atoms with Gasteiger partial charge in [-0.1, -0.05) is 15.9 Å². The van der Waals surface area contributed by atoms with Crippen LogP contribution in [0.25, 0.3) is 0 Å². The van der Waals surface area contributed by atoms with E-state index in [2.05, 4.69) is 31.4 Å². The zero-order valence-corrected chi connectivity index (χ0v) is 10.7. The van der Waals surface area contributed by atoms with E-state index in [4.69, 9.17) is 5.73 Å². The smallest absolute Gasteiger partial charge is 0.256 e. The van der Waals surface area contributed by atoms with Gasteiger partial charge in [0.25, 0.3) is 5.91 Å². The van der Waals surface area contributed by atoms with E-state index < -0.39 is 0 Å². The molecule has 0 aliphatic rings. The van der Waals surface area contributed by atoms with Crippen molar-refractivity contribution < 1.29 is 4.79 Å². The highest BCUT2D eigenvalue weighted by Gasteiger charge is 2.10. The summed E-state index contributed by atoms with van der Waals surface area (Å²) in [4.78, 5) is 11.9. The highest BCUT2D eigenvalue weighted by atomic mass is 79.9. The number of nitrogens with zero attached hydrogens (tertiary/aromatic N) is 1. The highest BCUT2D eigenvalue weighted by Crippen LogP contribution is 2.18. The van der Waals surface area contributed by atoms with E-state index in [1.54, 1.807) is 24.4 Å². The zero-order chi connectivity index (χ0) is 12.4. The SMILES string of the molecule is Cc1cn[nH]c1NC(=O)c1cc(N)cc(Br)c1. The third kappa shape index (κ3) is 2.65. The van der Waals surface area contributed by atoms with E-state index in [9.17, 15) is 4.79 Å². The van der Waals surface area contributed by atoms with Crippen molar-refractivity contribution in [3.63, 3.8) is 0 Å². The van der Waals surface area contributed by atoms with Crippen molar-refractivity contribution >= 4 is 33.3 Å². The molecule has 88 valence electrons. The summed E-state index contributed by atoms with van der Waals surface area (Å²) in [5.74, 6) is 0.360. The summed E-state index contributed by atoms with van der Waals surface area (Å²) in [5.41, 5.74) is 7.57. The molecule has 2 rings (SSSR count). The normalized spacial score (nSPS) is 10.2. The highest BCUT2D eigenvalue weighted by molar-refractivity contribution is 9.10. The number of carbonyl (C=O) groups excluding carboxylic acids is 1. The number of benzene rings is 1. The Bertz CT molecular complexity index is 544. The number of carbonyl (C=O) groups is 1. The molecule has 0 radical (unpaired) electrons. The van der Waals surface area contributed by atoms with E-state index in [1.807, 2.05) is 6.92 Å². The number of nitrogens with two attached hydrogens (primary N) is 1. The monoisotopic (exact) mass is 294 g/mol. The Morgan fingerprint density at radius 2 is 2.24 bits per heavy atom. The van der Waals surface area contributed by atoms with Crippen LogP contribution < -0.4 is 11.1 Å². The van der Waals surface area contributed by atoms with Crippen LogP contribution in [0.5, 0.6) is 0 Å². The summed E-state index contributed by atoms with van der Waals surface area (Å²) < 4.78 is 0.768. The molecule has 6 heteroatoms. The summed E-state index contributed by atoms with van der Waals surface area (Å²) in [7, 11) is 0. The molecule has 0 fully saturated rings. The molecular formula is C11H11BrN4O. The van der Waals surface area contributed by atoms with Crippen LogP contribution in [-0.2, 0) is 0 Å². The Morgan fingerprint density at radius 3 is 2.82 bits per heavy atom. The minimum atomic E-state index is -0.231. The lowest BCUT2D eigenvalue weighted by atomic mass is 10.2. The molecule has 17 heavy (non-hydrogen) atoms. The second-order valence-electron chi connectivity index (χ2n) is 3.66. The van der Waals surface area contributed by atoms with E-state index in [0.29, 0.717) is 17.1 Å². The van der Waals surface area contributed by atoms with Crippen LogP contribution in [0, 0.1) is 6.92 Å². The Morgan fingerprint density at radius 1 is 1.47 bits per heavy atom. The first-order chi connectivity index (χ1) is 8.06. The molecule has 0 saturated carbocycles. The van der Waals surface area contributed by atoms with Crippen molar-refractivity contribution in [2.45, 2.75) is 6.92 Å². The maximum atomic E-state index is 11.9. The maximum Gasteiger partial charge on any atom is 0.256 e. The molecule has 1 heterocycles. The van der Waals surface area contributed by atoms with Gasteiger partial charge in [-0.15, -0.1) is 0 Å². The number of aryl methyl sites for hydroxylation is 1. The van der Waals surface area contributed by atoms with Gasteiger partial charge in [0, 0.05) is 21.3 Å².